The molecular weight excluding hydrogens is 473 g/mol. The van der Waals surface area contributed by atoms with E-state index in [9.17, 15) is 14.6 Å². The van der Waals surface area contributed by atoms with E-state index in [0.29, 0.717) is 43.2 Å². The van der Waals surface area contributed by atoms with Gasteiger partial charge >= 0.3 is 0 Å². The lowest BCUT2D eigenvalue weighted by Crippen LogP contribution is -2.43. The number of hydrogen-bond donors (Lipinski definition) is 3. The molecule has 4 rings (SSSR count). The standard InChI is InChI=1S/C29H34FN3O4/c1-4-19-16-23(20-10-12-21(30)13-11-20)24(34)17-26(19)37-15-7-14-36-25-9-6-5-8-22(25)28(35)29(2,3)27-18-31-33-32-27/h5-6,8-13,16-17,27-28,34-35H,4,7,14-15,18H2,1-3H3,(H,31,32). The van der Waals surface area contributed by atoms with Crippen LogP contribution < -0.4 is 14.9 Å². The molecule has 3 aromatic carbocycles. The molecule has 8 heteroatoms. The number of benzene rings is 3. The summed E-state index contributed by atoms with van der Waals surface area (Å²) in [6, 6.07) is 17.0. The maximum atomic E-state index is 13.3. The molecule has 0 saturated carbocycles. The summed E-state index contributed by atoms with van der Waals surface area (Å²) in [5, 5.41) is 29.6. The summed E-state index contributed by atoms with van der Waals surface area (Å²) in [4.78, 5) is 0. The molecule has 0 spiro atoms. The SMILES string of the molecule is CCc1cc(-c2ccc(F)cc2)c(O)cc1OCCCOc1ccccc1C(O)C(C)(C)C1CN=NN1. The van der Waals surface area contributed by atoms with Crippen molar-refractivity contribution in [1.82, 2.24) is 5.43 Å². The number of phenolic OH excluding ortho intramolecular Hbond substituents is 1. The fraction of sp³-hybridized carbons (Fsp3) is 0.379. The van der Waals surface area contributed by atoms with E-state index in [1.807, 2.05) is 51.1 Å². The number of nitrogens with zero attached hydrogens (tertiary/aromatic N) is 2. The minimum atomic E-state index is -0.768. The smallest absolute Gasteiger partial charge is 0.127 e. The summed E-state index contributed by atoms with van der Waals surface area (Å²) in [5.74, 6) is 1.01. The number of para-hydroxylation sites is 1. The van der Waals surface area contributed by atoms with Gasteiger partial charge in [-0.1, -0.05) is 56.3 Å². The van der Waals surface area contributed by atoms with Gasteiger partial charge in [-0.05, 0) is 41.8 Å². The lowest BCUT2D eigenvalue weighted by atomic mass is 9.76. The highest BCUT2D eigenvalue weighted by atomic mass is 19.1. The Balaban J connectivity index is 1.35. The molecule has 0 aliphatic carbocycles. The van der Waals surface area contributed by atoms with Crippen LogP contribution in [0.3, 0.4) is 0 Å². The topological polar surface area (TPSA) is 95.7 Å². The third-order valence-electron chi connectivity index (χ3n) is 6.88. The molecule has 2 atom stereocenters. The van der Waals surface area contributed by atoms with Crippen molar-refractivity contribution in [2.75, 3.05) is 19.8 Å². The number of phenols is 1. The second-order valence-corrected chi connectivity index (χ2v) is 9.76. The van der Waals surface area contributed by atoms with Gasteiger partial charge in [-0.25, -0.2) is 4.39 Å². The highest BCUT2D eigenvalue weighted by Crippen LogP contribution is 2.41. The maximum Gasteiger partial charge on any atom is 0.127 e. The first-order chi connectivity index (χ1) is 17.8. The van der Waals surface area contributed by atoms with Crippen molar-refractivity contribution >= 4 is 0 Å². The molecule has 0 saturated heterocycles. The van der Waals surface area contributed by atoms with Gasteiger partial charge in [-0.15, -0.1) is 0 Å². The van der Waals surface area contributed by atoms with E-state index in [1.165, 1.54) is 12.1 Å². The van der Waals surface area contributed by atoms with E-state index < -0.39 is 11.5 Å². The number of aliphatic hydroxyl groups excluding tert-OH is 1. The highest BCUT2D eigenvalue weighted by molar-refractivity contribution is 5.72. The van der Waals surface area contributed by atoms with Crippen molar-refractivity contribution < 1.29 is 24.1 Å². The van der Waals surface area contributed by atoms with Crippen LogP contribution in [0, 0.1) is 11.2 Å². The molecule has 0 bridgehead atoms. The number of halogens is 1. The normalized spacial score (nSPS) is 15.9. The maximum absolute atomic E-state index is 13.3. The Morgan fingerprint density at radius 2 is 1.76 bits per heavy atom. The van der Waals surface area contributed by atoms with E-state index in [-0.39, 0.29) is 17.6 Å². The van der Waals surface area contributed by atoms with Gasteiger partial charge in [-0.2, -0.15) is 5.11 Å². The van der Waals surface area contributed by atoms with Crippen molar-refractivity contribution in [3.63, 3.8) is 0 Å². The molecular formula is C29H34FN3O4. The number of ether oxygens (including phenoxy) is 2. The predicted octanol–water partition coefficient (Wildman–Crippen LogP) is 6.01. The average Bonchev–Trinajstić information content (AvgIpc) is 3.45. The van der Waals surface area contributed by atoms with Gasteiger partial charge in [0.25, 0.3) is 0 Å². The van der Waals surface area contributed by atoms with Gasteiger partial charge in [0.15, 0.2) is 0 Å². The minimum Gasteiger partial charge on any atom is -0.507 e. The second-order valence-electron chi connectivity index (χ2n) is 9.76. The lowest BCUT2D eigenvalue weighted by Gasteiger charge is -2.35. The van der Waals surface area contributed by atoms with E-state index in [1.54, 1.807) is 18.2 Å². The van der Waals surface area contributed by atoms with Crippen LogP contribution in [0.2, 0.25) is 0 Å². The van der Waals surface area contributed by atoms with Gasteiger partial charge in [-0.3, -0.25) is 5.43 Å². The van der Waals surface area contributed by atoms with E-state index in [0.717, 1.165) is 23.1 Å². The molecule has 196 valence electrons. The molecule has 3 N–H and O–H groups in total. The van der Waals surface area contributed by atoms with E-state index >= 15 is 0 Å². The molecule has 37 heavy (non-hydrogen) atoms. The first kappa shape index (κ1) is 26.4. The van der Waals surface area contributed by atoms with Crippen LogP contribution in [0.1, 0.15) is 44.4 Å². The van der Waals surface area contributed by atoms with E-state index in [2.05, 4.69) is 15.8 Å². The minimum absolute atomic E-state index is 0.0671. The Bertz CT molecular complexity index is 1220. The summed E-state index contributed by atoms with van der Waals surface area (Å²) in [6.45, 7) is 7.30. The number of aliphatic hydroxyl groups is 1. The lowest BCUT2D eigenvalue weighted by molar-refractivity contribution is 0.0245. The third kappa shape index (κ3) is 6.02. The molecule has 1 heterocycles. The Morgan fingerprint density at radius 1 is 1.05 bits per heavy atom. The summed E-state index contributed by atoms with van der Waals surface area (Å²) in [5.41, 5.74) is 5.52. The number of hydrogen-bond acceptors (Lipinski definition) is 7. The van der Waals surface area contributed by atoms with Crippen LogP contribution >= 0.6 is 0 Å². The zero-order valence-electron chi connectivity index (χ0n) is 21.4. The van der Waals surface area contributed by atoms with Crippen molar-refractivity contribution in [2.45, 2.75) is 45.8 Å². The molecule has 3 aromatic rings. The van der Waals surface area contributed by atoms with Gasteiger partial charge in [0.05, 0.1) is 31.9 Å². The summed E-state index contributed by atoms with van der Waals surface area (Å²) >= 11 is 0. The molecule has 0 amide bonds. The van der Waals surface area contributed by atoms with Crippen LogP contribution in [0.15, 0.2) is 71.0 Å². The summed E-state index contributed by atoms with van der Waals surface area (Å²) in [7, 11) is 0. The van der Waals surface area contributed by atoms with E-state index in [4.69, 9.17) is 9.47 Å². The molecule has 7 nitrogen and oxygen atoms in total. The first-order valence-corrected chi connectivity index (χ1v) is 12.6. The Morgan fingerprint density at radius 3 is 2.43 bits per heavy atom. The molecule has 0 aromatic heterocycles. The molecule has 0 fully saturated rings. The largest absolute Gasteiger partial charge is 0.507 e. The zero-order valence-corrected chi connectivity index (χ0v) is 21.4. The first-order valence-electron chi connectivity index (χ1n) is 12.6. The molecule has 1 aliphatic heterocycles. The second kappa shape index (κ2) is 11.6. The van der Waals surface area contributed by atoms with Crippen molar-refractivity contribution in [3.05, 3.63) is 77.6 Å². The van der Waals surface area contributed by atoms with Crippen LogP contribution in [0.4, 0.5) is 4.39 Å². The van der Waals surface area contributed by atoms with Gasteiger partial charge in [0.2, 0.25) is 0 Å². The average molecular weight is 508 g/mol. The fourth-order valence-corrected chi connectivity index (χ4v) is 4.41. The number of aromatic hydroxyl groups is 1. The number of nitrogens with one attached hydrogen (secondary N) is 1. The number of aryl methyl sites for hydroxylation is 1. The van der Waals surface area contributed by atoms with Gasteiger partial charge < -0.3 is 19.7 Å². The van der Waals surface area contributed by atoms with Crippen LogP contribution in [0.25, 0.3) is 11.1 Å². The fourth-order valence-electron chi connectivity index (χ4n) is 4.41. The monoisotopic (exact) mass is 507 g/mol. The zero-order chi connectivity index (χ0) is 26.4. The Kier molecular flexibility index (Phi) is 8.28. The van der Waals surface area contributed by atoms with Crippen LogP contribution in [-0.4, -0.2) is 36.0 Å². The number of rotatable bonds is 11. The Labute approximate surface area is 217 Å². The summed E-state index contributed by atoms with van der Waals surface area (Å²) in [6.07, 6.45) is 0.563. The molecule has 2 unspecified atom stereocenters. The predicted molar refractivity (Wildman–Crippen MR) is 140 cm³/mol. The quantitative estimate of drug-likeness (QED) is 0.276. The third-order valence-corrected chi connectivity index (χ3v) is 6.88. The highest BCUT2D eigenvalue weighted by Gasteiger charge is 2.40. The molecule has 1 aliphatic rings. The van der Waals surface area contributed by atoms with Crippen LogP contribution in [0.5, 0.6) is 17.2 Å². The van der Waals surface area contributed by atoms with Crippen molar-refractivity contribution in [1.29, 1.82) is 0 Å². The van der Waals surface area contributed by atoms with Gasteiger partial charge in [0, 0.05) is 29.0 Å². The Hall–Kier alpha value is -3.65. The van der Waals surface area contributed by atoms with Crippen molar-refractivity contribution in [2.24, 2.45) is 15.8 Å². The van der Waals surface area contributed by atoms with Crippen LogP contribution in [-0.2, 0) is 6.42 Å². The summed E-state index contributed by atoms with van der Waals surface area (Å²) < 4.78 is 25.3. The molecule has 0 radical (unpaired) electrons. The van der Waals surface area contributed by atoms with Crippen molar-refractivity contribution in [3.8, 4) is 28.4 Å². The van der Waals surface area contributed by atoms with Gasteiger partial charge in [0.1, 0.15) is 23.1 Å².